The molecule has 5 heteroatoms. The Kier molecular flexibility index (Phi) is 3.98. The van der Waals surface area contributed by atoms with Crippen molar-refractivity contribution in [3.63, 3.8) is 0 Å². The second-order valence-corrected chi connectivity index (χ2v) is 4.23. The first kappa shape index (κ1) is 14.0. The van der Waals surface area contributed by atoms with Crippen LogP contribution >= 0.6 is 0 Å². The van der Waals surface area contributed by atoms with E-state index in [1.54, 1.807) is 25.1 Å². The molecular weight excluding hydrogens is 262 g/mol. The predicted octanol–water partition coefficient (Wildman–Crippen LogP) is 3.70. The van der Waals surface area contributed by atoms with Crippen LogP contribution in [0.15, 0.2) is 41.4 Å². The van der Waals surface area contributed by atoms with Crippen LogP contribution in [0.25, 0.3) is 0 Å². The van der Waals surface area contributed by atoms with Gasteiger partial charge in [0.25, 0.3) is 0 Å². The Morgan fingerprint density at radius 3 is 2.15 bits per heavy atom. The van der Waals surface area contributed by atoms with Gasteiger partial charge in [-0.1, -0.05) is 12.1 Å². The summed E-state index contributed by atoms with van der Waals surface area (Å²) in [5.41, 5.74) is 0.656. The Morgan fingerprint density at radius 2 is 1.55 bits per heavy atom. The van der Waals surface area contributed by atoms with E-state index in [0.29, 0.717) is 11.4 Å². The minimum absolute atomic E-state index is 0.184. The van der Waals surface area contributed by atoms with Gasteiger partial charge in [0.1, 0.15) is 11.4 Å². The van der Waals surface area contributed by atoms with Crippen molar-refractivity contribution in [2.24, 2.45) is 4.99 Å². The van der Waals surface area contributed by atoms with Gasteiger partial charge < -0.3 is 0 Å². The lowest BCUT2D eigenvalue weighted by Crippen LogP contribution is -2.04. The number of nitrogens with zero attached hydrogens (tertiary/aromatic N) is 2. The molecule has 0 amide bonds. The van der Waals surface area contributed by atoms with Crippen molar-refractivity contribution in [1.29, 1.82) is 0 Å². The number of aliphatic imine (C=N–C) groups is 1. The highest BCUT2D eigenvalue weighted by Gasteiger charge is 2.09. The molecule has 0 aliphatic heterocycles. The van der Waals surface area contributed by atoms with Gasteiger partial charge in [0, 0.05) is 6.92 Å². The third-order valence-corrected chi connectivity index (χ3v) is 2.70. The van der Waals surface area contributed by atoms with E-state index in [9.17, 15) is 13.6 Å². The third kappa shape index (κ3) is 2.93. The van der Waals surface area contributed by atoms with Crippen molar-refractivity contribution in [1.82, 2.24) is 4.98 Å². The number of carbonyl (C=O) groups is 1. The van der Waals surface area contributed by atoms with Gasteiger partial charge in [-0.15, -0.1) is 0 Å². The second kappa shape index (κ2) is 5.69. The lowest BCUT2D eigenvalue weighted by Gasteiger charge is -2.04. The largest absolute Gasteiger partial charge is 0.293 e. The molecule has 0 unspecified atom stereocenters. The number of rotatable bonds is 3. The van der Waals surface area contributed by atoms with Gasteiger partial charge in [0.2, 0.25) is 0 Å². The van der Waals surface area contributed by atoms with Gasteiger partial charge in [-0.25, -0.2) is 18.8 Å². The average Bonchev–Trinajstić information content (AvgIpc) is 2.43. The smallest absolute Gasteiger partial charge is 0.178 e. The van der Waals surface area contributed by atoms with Crippen LogP contribution in [0.2, 0.25) is 0 Å². The number of halogens is 2. The molecule has 0 bridgehead atoms. The fraction of sp³-hybridized carbons (Fsp3) is 0.133. The first-order valence-corrected chi connectivity index (χ1v) is 5.96. The monoisotopic (exact) mass is 274 g/mol. The fourth-order valence-corrected chi connectivity index (χ4v) is 1.65. The molecule has 2 aromatic rings. The number of benzene rings is 1. The standard InChI is InChI=1S/C15H12F2N2O/c1-9(13-7-4-8-14(19-13)10(2)20)18-15-11(16)5-3-6-12(15)17/h3-8H,1-2H3. The van der Waals surface area contributed by atoms with Gasteiger partial charge in [-0.05, 0) is 31.2 Å². The molecule has 0 aliphatic carbocycles. The molecule has 3 nitrogen and oxygen atoms in total. The minimum Gasteiger partial charge on any atom is -0.293 e. The minimum atomic E-state index is -0.743. The summed E-state index contributed by atoms with van der Waals surface area (Å²) in [5.74, 6) is -1.67. The Morgan fingerprint density at radius 1 is 1.00 bits per heavy atom. The van der Waals surface area contributed by atoms with Gasteiger partial charge in [-0.3, -0.25) is 4.79 Å². The maximum absolute atomic E-state index is 13.5. The summed E-state index contributed by atoms with van der Waals surface area (Å²) in [6.07, 6.45) is 0. The Balaban J connectivity index is 2.45. The Labute approximate surface area is 115 Å². The Bertz CT molecular complexity index is 676. The average molecular weight is 274 g/mol. The highest BCUT2D eigenvalue weighted by molar-refractivity contribution is 6.00. The summed E-state index contributed by atoms with van der Waals surface area (Å²) in [5, 5.41) is 0. The molecule has 1 aromatic heterocycles. The third-order valence-electron chi connectivity index (χ3n) is 2.70. The van der Waals surface area contributed by atoms with Crippen LogP contribution in [0, 0.1) is 11.6 Å². The summed E-state index contributed by atoms with van der Waals surface area (Å²) in [7, 11) is 0. The lowest BCUT2D eigenvalue weighted by atomic mass is 10.2. The van der Waals surface area contributed by atoms with Gasteiger partial charge in [0.05, 0.1) is 11.4 Å². The molecule has 20 heavy (non-hydrogen) atoms. The molecular formula is C15H12F2N2O. The molecule has 1 heterocycles. The predicted molar refractivity (Wildman–Crippen MR) is 72.5 cm³/mol. The molecule has 0 radical (unpaired) electrons. The number of aromatic nitrogens is 1. The van der Waals surface area contributed by atoms with Crippen LogP contribution in [-0.2, 0) is 0 Å². The summed E-state index contributed by atoms with van der Waals surface area (Å²) in [6.45, 7) is 2.98. The van der Waals surface area contributed by atoms with Crippen LogP contribution in [0.3, 0.4) is 0 Å². The van der Waals surface area contributed by atoms with Crippen LogP contribution in [0.4, 0.5) is 14.5 Å². The summed E-state index contributed by atoms with van der Waals surface area (Å²) in [4.78, 5) is 19.3. The zero-order valence-electron chi connectivity index (χ0n) is 11.0. The molecule has 0 aliphatic rings. The van der Waals surface area contributed by atoms with E-state index >= 15 is 0 Å². The van der Waals surface area contributed by atoms with Crippen molar-refractivity contribution < 1.29 is 13.6 Å². The normalized spacial score (nSPS) is 11.5. The number of hydrogen-bond donors (Lipinski definition) is 0. The number of ketones is 1. The topological polar surface area (TPSA) is 42.3 Å². The second-order valence-electron chi connectivity index (χ2n) is 4.23. The van der Waals surface area contributed by atoms with Crippen LogP contribution in [-0.4, -0.2) is 16.5 Å². The van der Waals surface area contributed by atoms with Crippen molar-refractivity contribution in [2.45, 2.75) is 13.8 Å². The maximum atomic E-state index is 13.5. The molecule has 0 atom stereocenters. The summed E-state index contributed by atoms with van der Waals surface area (Å²) >= 11 is 0. The quantitative estimate of drug-likeness (QED) is 0.632. The molecule has 1 aromatic carbocycles. The van der Waals surface area contributed by atoms with Crippen LogP contribution < -0.4 is 0 Å². The zero-order chi connectivity index (χ0) is 14.7. The van der Waals surface area contributed by atoms with E-state index in [1.165, 1.54) is 13.0 Å². The lowest BCUT2D eigenvalue weighted by molar-refractivity contribution is 0.101. The van der Waals surface area contributed by atoms with Gasteiger partial charge in [-0.2, -0.15) is 0 Å². The van der Waals surface area contributed by atoms with E-state index in [1.807, 2.05) is 0 Å². The highest BCUT2D eigenvalue weighted by atomic mass is 19.1. The van der Waals surface area contributed by atoms with Crippen LogP contribution in [0.1, 0.15) is 30.0 Å². The first-order valence-electron chi connectivity index (χ1n) is 5.96. The number of hydrogen-bond acceptors (Lipinski definition) is 3. The van der Waals surface area contributed by atoms with Crippen molar-refractivity contribution in [2.75, 3.05) is 0 Å². The molecule has 2 rings (SSSR count). The number of carbonyl (C=O) groups excluding carboxylic acids is 1. The van der Waals surface area contributed by atoms with Gasteiger partial charge in [0.15, 0.2) is 17.4 Å². The van der Waals surface area contributed by atoms with Crippen molar-refractivity contribution in [3.8, 4) is 0 Å². The van der Waals surface area contributed by atoms with Crippen LogP contribution in [0.5, 0.6) is 0 Å². The highest BCUT2D eigenvalue weighted by Crippen LogP contribution is 2.22. The van der Waals surface area contributed by atoms with E-state index in [4.69, 9.17) is 0 Å². The molecule has 0 saturated carbocycles. The maximum Gasteiger partial charge on any atom is 0.178 e. The SMILES string of the molecule is CC(=O)c1cccc(C(C)=Nc2c(F)cccc2F)n1. The number of para-hydroxylation sites is 1. The number of Topliss-reactive ketones (excluding diaryl/α,β-unsaturated/α-hetero) is 1. The summed E-state index contributed by atoms with van der Waals surface area (Å²) < 4.78 is 27.0. The van der Waals surface area contributed by atoms with E-state index in [-0.39, 0.29) is 17.2 Å². The summed E-state index contributed by atoms with van der Waals surface area (Å²) in [6, 6.07) is 8.39. The Hall–Kier alpha value is -2.43. The van der Waals surface area contributed by atoms with Crippen molar-refractivity contribution >= 4 is 17.2 Å². The molecule has 0 saturated heterocycles. The van der Waals surface area contributed by atoms with Crippen molar-refractivity contribution in [3.05, 3.63) is 59.4 Å². The number of pyridine rings is 1. The first-order chi connectivity index (χ1) is 9.49. The van der Waals surface area contributed by atoms with E-state index in [2.05, 4.69) is 9.98 Å². The zero-order valence-corrected chi connectivity index (χ0v) is 11.0. The van der Waals surface area contributed by atoms with Gasteiger partial charge >= 0.3 is 0 Å². The molecule has 0 N–H and O–H groups in total. The molecule has 0 fully saturated rings. The fourth-order valence-electron chi connectivity index (χ4n) is 1.65. The van der Waals surface area contributed by atoms with E-state index in [0.717, 1.165) is 12.1 Å². The van der Waals surface area contributed by atoms with E-state index < -0.39 is 11.6 Å². The molecule has 0 spiro atoms. The molecule has 102 valence electrons.